The van der Waals surface area contributed by atoms with Crippen molar-refractivity contribution in [3.63, 3.8) is 0 Å². The van der Waals surface area contributed by atoms with Crippen molar-refractivity contribution in [3.8, 4) is 0 Å². The summed E-state index contributed by atoms with van der Waals surface area (Å²) in [4.78, 5) is 20.2. The number of hydrogen-bond donors (Lipinski definition) is 3. The van der Waals surface area contributed by atoms with Crippen LogP contribution in [0.15, 0.2) is 18.9 Å². The maximum atomic E-state index is 11.6. The zero-order chi connectivity index (χ0) is 17.8. The van der Waals surface area contributed by atoms with Gasteiger partial charge in [-0.3, -0.25) is 4.79 Å². The van der Waals surface area contributed by atoms with Crippen LogP contribution in [0.3, 0.4) is 0 Å². The van der Waals surface area contributed by atoms with Gasteiger partial charge >= 0.3 is 0 Å². The van der Waals surface area contributed by atoms with E-state index in [4.69, 9.17) is 10.5 Å². The lowest BCUT2D eigenvalue weighted by Crippen LogP contribution is -2.31. The summed E-state index contributed by atoms with van der Waals surface area (Å²) in [7, 11) is 0. The minimum atomic E-state index is -0.553. The van der Waals surface area contributed by atoms with Gasteiger partial charge in [0.05, 0.1) is 17.8 Å². The summed E-state index contributed by atoms with van der Waals surface area (Å²) in [6.07, 6.45) is 10.7. The number of amides is 1. The third kappa shape index (κ3) is 4.92. The molecule has 0 saturated heterocycles. The Bertz CT molecular complexity index is 624. The first kappa shape index (κ1) is 17.7. The molecule has 1 unspecified atom stereocenters. The molecule has 1 aromatic rings. The fraction of sp³-hybridized carbons (Fsp3) is 0.611. The maximum absolute atomic E-state index is 11.6. The third-order valence-electron chi connectivity index (χ3n) is 4.69. The van der Waals surface area contributed by atoms with Crippen LogP contribution in [0.4, 0.5) is 11.8 Å². The Labute approximate surface area is 148 Å². The van der Waals surface area contributed by atoms with Crippen LogP contribution in [0.2, 0.25) is 0 Å². The standard InChI is InChI=1S/C18H27N5O2/c1-3-11(2)21-17-15(16(19)24)10-20-18(23-17)22-12-4-6-13(7-5-12)25-14-8-9-14/h3,10-14H,1,4-9H2,2H3,(H2,19,24)(H2,20,21,22,23). The average molecular weight is 345 g/mol. The predicted molar refractivity (Wildman–Crippen MR) is 97.6 cm³/mol. The zero-order valence-corrected chi connectivity index (χ0v) is 14.7. The maximum Gasteiger partial charge on any atom is 0.254 e. The quantitative estimate of drug-likeness (QED) is 0.626. The van der Waals surface area contributed by atoms with E-state index in [-0.39, 0.29) is 11.6 Å². The molecule has 1 amide bonds. The number of anilines is 2. The van der Waals surface area contributed by atoms with Crippen LogP contribution in [0.25, 0.3) is 0 Å². The van der Waals surface area contributed by atoms with Crippen molar-refractivity contribution >= 4 is 17.7 Å². The average Bonchev–Trinajstić information content (AvgIpc) is 3.40. The molecule has 7 heteroatoms. The highest BCUT2D eigenvalue weighted by atomic mass is 16.5. The van der Waals surface area contributed by atoms with Gasteiger partial charge in [0, 0.05) is 18.3 Å². The monoisotopic (exact) mass is 345 g/mol. The van der Waals surface area contributed by atoms with Crippen LogP contribution >= 0.6 is 0 Å². The highest BCUT2D eigenvalue weighted by molar-refractivity contribution is 5.97. The molecule has 1 heterocycles. The topological polar surface area (TPSA) is 102 Å². The fourth-order valence-electron chi connectivity index (χ4n) is 3.02. The zero-order valence-electron chi connectivity index (χ0n) is 14.7. The van der Waals surface area contributed by atoms with Gasteiger partial charge in [-0.1, -0.05) is 6.08 Å². The second-order valence-corrected chi connectivity index (χ2v) is 6.94. The summed E-state index contributed by atoms with van der Waals surface area (Å²) >= 11 is 0. The molecule has 2 saturated carbocycles. The van der Waals surface area contributed by atoms with Crippen molar-refractivity contribution in [1.82, 2.24) is 9.97 Å². The molecule has 0 bridgehead atoms. The van der Waals surface area contributed by atoms with E-state index in [1.807, 2.05) is 6.92 Å². The van der Waals surface area contributed by atoms with E-state index in [1.165, 1.54) is 19.0 Å². The van der Waals surface area contributed by atoms with Gasteiger partial charge in [-0.2, -0.15) is 4.98 Å². The number of primary amides is 1. The molecule has 0 aliphatic heterocycles. The molecule has 1 aromatic heterocycles. The van der Waals surface area contributed by atoms with E-state index in [0.717, 1.165) is 25.7 Å². The molecule has 7 nitrogen and oxygen atoms in total. The van der Waals surface area contributed by atoms with Crippen molar-refractivity contribution in [3.05, 3.63) is 24.4 Å². The smallest absolute Gasteiger partial charge is 0.254 e. The lowest BCUT2D eigenvalue weighted by Gasteiger charge is -2.29. The Kier molecular flexibility index (Phi) is 5.53. The molecular weight excluding hydrogens is 318 g/mol. The second-order valence-electron chi connectivity index (χ2n) is 6.94. The Morgan fingerprint density at radius 1 is 1.32 bits per heavy atom. The fourth-order valence-corrected chi connectivity index (χ4v) is 3.02. The predicted octanol–water partition coefficient (Wildman–Crippen LogP) is 2.46. The van der Waals surface area contributed by atoms with E-state index in [2.05, 4.69) is 27.2 Å². The number of carbonyl (C=O) groups is 1. The summed E-state index contributed by atoms with van der Waals surface area (Å²) in [6, 6.07) is 0.291. The minimum absolute atomic E-state index is 0.0316. The van der Waals surface area contributed by atoms with Gasteiger partial charge in [-0.25, -0.2) is 4.98 Å². The van der Waals surface area contributed by atoms with Gasteiger partial charge in [-0.05, 0) is 45.4 Å². The molecule has 25 heavy (non-hydrogen) atoms. The summed E-state index contributed by atoms with van der Waals surface area (Å²) in [5.74, 6) is 0.390. The molecule has 2 fully saturated rings. The van der Waals surface area contributed by atoms with Crippen molar-refractivity contribution in [2.45, 2.75) is 69.7 Å². The van der Waals surface area contributed by atoms with Crippen molar-refractivity contribution < 1.29 is 9.53 Å². The molecule has 2 aliphatic carbocycles. The molecule has 136 valence electrons. The van der Waals surface area contributed by atoms with E-state index in [1.54, 1.807) is 6.08 Å². The molecule has 0 spiro atoms. The van der Waals surface area contributed by atoms with Gasteiger partial charge < -0.3 is 21.1 Å². The van der Waals surface area contributed by atoms with Crippen LogP contribution in [0.1, 0.15) is 55.8 Å². The van der Waals surface area contributed by atoms with Gasteiger partial charge in [-0.15, -0.1) is 6.58 Å². The highest BCUT2D eigenvalue weighted by Gasteiger charge is 2.29. The van der Waals surface area contributed by atoms with Crippen molar-refractivity contribution in [2.75, 3.05) is 10.6 Å². The number of aromatic nitrogens is 2. The number of nitrogens with one attached hydrogen (secondary N) is 2. The molecular formula is C18H27N5O2. The molecule has 0 aromatic carbocycles. The molecule has 2 aliphatic rings. The highest BCUT2D eigenvalue weighted by Crippen LogP contribution is 2.31. The lowest BCUT2D eigenvalue weighted by atomic mass is 9.93. The first-order chi connectivity index (χ1) is 12.0. The van der Waals surface area contributed by atoms with E-state index < -0.39 is 5.91 Å². The van der Waals surface area contributed by atoms with Crippen LogP contribution in [-0.2, 0) is 4.74 Å². The third-order valence-corrected chi connectivity index (χ3v) is 4.69. The largest absolute Gasteiger partial charge is 0.375 e. The Balaban J connectivity index is 1.60. The normalized spacial score (nSPS) is 24.4. The minimum Gasteiger partial charge on any atom is -0.375 e. The summed E-state index contributed by atoms with van der Waals surface area (Å²) < 4.78 is 5.99. The SMILES string of the molecule is C=CC(C)Nc1nc(NC2CCC(OC3CC3)CC2)ncc1C(N)=O. The van der Waals surface area contributed by atoms with Crippen molar-refractivity contribution in [2.24, 2.45) is 5.73 Å². The number of ether oxygens (including phenoxy) is 1. The van der Waals surface area contributed by atoms with E-state index in [9.17, 15) is 4.79 Å². The van der Waals surface area contributed by atoms with Gasteiger partial charge in [0.2, 0.25) is 5.95 Å². The molecule has 0 radical (unpaired) electrons. The van der Waals surface area contributed by atoms with Gasteiger partial charge in [0.1, 0.15) is 5.82 Å². The van der Waals surface area contributed by atoms with Crippen LogP contribution in [0.5, 0.6) is 0 Å². The van der Waals surface area contributed by atoms with Crippen LogP contribution in [-0.4, -0.2) is 40.2 Å². The van der Waals surface area contributed by atoms with E-state index in [0.29, 0.717) is 30.0 Å². The number of carbonyl (C=O) groups excluding carboxylic acids is 1. The molecule has 4 N–H and O–H groups in total. The number of nitrogens with two attached hydrogens (primary N) is 1. The summed E-state index contributed by atoms with van der Waals surface area (Å²) in [5.41, 5.74) is 5.69. The lowest BCUT2D eigenvalue weighted by molar-refractivity contribution is 0.0146. The van der Waals surface area contributed by atoms with Crippen LogP contribution in [0, 0.1) is 0 Å². The van der Waals surface area contributed by atoms with Gasteiger partial charge in [0.25, 0.3) is 5.91 Å². The van der Waals surface area contributed by atoms with Crippen molar-refractivity contribution in [1.29, 1.82) is 0 Å². The Morgan fingerprint density at radius 3 is 2.52 bits per heavy atom. The number of rotatable bonds is 8. The number of nitrogens with zero attached hydrogens (tertiary/aromatic N) is 2. The molecule has 1 atom stereocenters. The number of hydrogen-bond acceptors (Lipinski definition) is 6. The Hall–Kier alpha value is -2.15. The van der Waals surface area contributed by atoms with Gasteiger partial charge in [0.15, 0.2) is 0 Å². The van der Waals surface area contributed by atoms with Crippen LogP contribution < -0.4 is 16.4 Å². The molecule has 3 rings (SSSR count). The first-order valence-corrected chi connectivity index (χ1v) is 9.03. The summed E-state index contributed by atoms with van der Waals surface area (Å²) in [5, 5.41) is 6.50. The van der Waals surface area contributed by atoms with E-state index >= 15 is 0 Å². The Morgan fingerprint density at radius 2 is 1.96 bits per heavy atom. The summed E-state index contributed by atoms with van der Waals surface area (Å²) in [6.45, 7) is 5.65. The second kappa shape index (κ2) is 7.82. The first-order valence-electron chi connectivity index (χ1n) is 9.03.